The Labute approximate surface area is 102 Å². The van der Waals surface area contributed by atoms with Gasteiger partial charge in [0, 0.05) is 19.7 Å². The molecule has 0 amide bonds. The number of anilines is 2. The summed E-state index contributed by atoms with van der Waals surface area (Å²) in [5.74, 6) is 1.53. The van der Waals surface area contributed by atoms with Crippen molar-refractivity contribution in [2.45, 2.75) is 37.7 Å². The Morgan fingerprint density at radius 2 is 1.94 bits per heavy atom. The lowest BCUT2D eigenvalue weighted by molar-refractivity contribution is 0.0166. The van der Waals surface area contributed by atoms with Crippen LogP contribution in [-0.4, -0.2) is 34.3 Å². The van der Waals surface area contributed by atoms with Gasteiger partial charge in [-0.25, -0.2) is 9.97 Å². The number of nitrogens with one attached hydrogen (secondary N) is 2. The van der Waals surface area contributed by atoms with Gasteiger partial charge in [-0.2, -0.15) is 0 Å². The lowest BCUT2D eigenvalue weighted by atomic mass is 9.85. The molecule has 0 unspecified atom stereocenters. The Morgan fingerprint density at radius 1 is 1.24 bits per heavy atom. The Morgan fingerprint density at radius 3 is 2.65 bits per heavy atom. The molecule has 2 rings (SSSR count). The predicted octanol–water partition coefficient (Wildman–Crippen LogP) is 1.63. The van der Waals surface area contributed by atoms with E-state index < -0.39 is 5.60 Å². The summed E-state index contributed by atoms with van der Waals surface area (Å²) in [6.07, 6.45) is 6.74. The van der Waals surface area contributed by atoms with Crippen molar-refractivity contribution in [3.8, 4) is 0 Å². The van der Waals surface area contributed by atoms with Crippen LogP contribution >= 0.6 is 0 Å². The third-order valence-corrected chi connectivity index (χ3v) is 3.31. The largest absolute Gasteiger partial charge is 0.388 e. The molecule has 3 N–H and O–H groups in total. The molecule has 17 heavy (non-hydrogen) atoms. The van der Waals surface area contributed by atoms with Gasteiger partial charge >= 0.3 is 0 Å². The van der Waals surface area contributed by atoms with Crippen LogP contribution in [0.25, 0.3) is 0 Å². The number of nitrogens with zero attached hydrogens (tertiary/aromatic N) is 2. The molecular formula is C12H20N4O. The van der Waals surface area contributed by atoms with E-state index in [4.69, 9.17) is 0 Å². The van der Waals surface area contributed by atoms with Crippen molar-refractivity contribution in [3.63, 3.8) is 0 Å². The van der Waals surface area contributed by atoms with Gasteiger partial charge in [0.1, 0.15) is 18.0 Å². The minimum atomic E-state index is -0.566. The fraction of sp³-hybridized carbons (Fsp3) is 0.667. The summed E-state index contributed by atoms with van der Waals surface area (Å²) in [5.41, 5.74) is -0.566. The quantitative estimate of drug-likeness (QED) is 0.741. The molecule has 1 heterocycles. The molecule has 0 spiro atoms. The third-order valence-electron chi connectivity index (χ3n) is 3.31. The highest BCUT2D eigenvalue weighted by Crippen LogP contribution is 2.28. The van der Waals surface area contributed by atoms with Crippen LogP contribution < -0.4 is 10.6 Å². The van der Waals surface area contributed by atoms with Crippen LogP contribution in [0.3, 0.4) is 0 Å². The highest BCUT2D eigenvalue weighted by atomic mass is 16.3. The van der Waals surface area contributed by atoms with Crippen LogP contribution in [0.1, 0.15) is 32.1 Å². The third kappa shape index (κ3) is 3.30. The minimum Gasteiger partial charge on any atom is -0.388 e. The number of hydrogen-bond donors (Lipinski definition) is 3. The zero-order chi connectivity index (χ0) is 12.1. The van der Waals surface area contributed by atoms with Crippen molar-refractivity contribution < 1.29 is 5.11 Å². The zero-order valence-electron chi connectivity index (χ0n) is 10.2. The van der Waals surface area contributed by atoms with Crippen LogP contribution in [0.5, 0.6) is 0 Å². The molecule has 94 valence electrons. The first-order valence-corrected chi connectivity index (χ1v) is 6.18. The summed E-state index contributed by atoms with van der Waals surface area (Å²) in [6, 6.07) is 1.84. The van der Waals surface area contributed by atoms with Gasteiger partial charge in [0.2, 0.25) is 0 Å². The van der Waals surface area contributed by atoms with Crippen molar-refractivity contribution in [1.82, 2.24) is 9.97 Å². The lowest BCUT2D eigenvalue weighted by Gasteiger charge is -2.32. The van der Waals surface area contributed by atoms with Gasteiger partial charge in [0.25, 0.3) is 0 Å². The maximum Gasteiger partial charge on any atom is 0.131 e. The molecule has 1 aromatic rings. The van der Waals surface area contributed by atoms with Gasteiger partial charge in [-0.05, 0) is 12.8 Å². The van der Waals surface area contributed by atoms with Crippen molar-refractivity contribution in [3.05, 3.63) is 12.4 Å². The second-order valence-electron chi connectivity index (χ2n) is 4.68. The molecule has 1 aliphatic rings. The van der Waals surface area contributed by atoms with Crippen molar-refractivity contribution in [1.29, 1.82) is 0 Å². The lowest BCUT2D eigenvalue weighted by Crippen LogP contribution is -2.38. The Hall–Kier alpha value is -1.36. The predicted molar refractivity (Wildman–Crippen MR) is 68.1 cm³/mol. The Bertz CT molecular complexity index is 363. The fourth-order valence-corrected chi connectivity index (χ4v) is 2.23. The van der Waals surface area contributed by atoms with E-state index in [1.807, 2.05) is 13.1 Å². The van der Waals surface area contributed by atoms with Gasteiger partial charge in [-0.15, -0.1) is 0 Å². The fourth-order valence-electron chi connectivity index (χ4n) is 2.23. The molecule has 1 aliphatic carbocycles. The summed E-state index contributed by atoms with van der Waals surface area (Å²) in [6.45, 7) is 0.563. The number of rotatable bonds is 4. The number of aliphatic hydroxyl groups is 1. The Balaban J connectivity index is 1.92. The summed E-state index contributed by atoms with van der Waals surface area (Å²) in [4.78, 5) is 8.17. The molecule has 1 saturated carbocycles. The highest BCUT2D eigenvalue weighted by Gasteiger charge is 2.28. The van der Waals surface area contributed by atoms with E-state index in [9.17, 15) is 5.11 Å². The van der Waals surface area contributed by atoms with Crippen LogP contribution in [0.15, 0.2) is 12.4 Å². The molecule has 0 radical (unpaired) electrons. The van der Waals surface area contributed by atoms with E-state index in [0.29, 0.717) is 6.54 Å². The van der Waals surface area contributed by atoms with E-state index in [0.717, 1.165) is 37.3 Å². The molecule has 5 heteroatoms. The summed E-state index contributed by atoms with van der Waals surface area (Å²) in [7, 11) is 1.82. The molecule has 0 saturated heterocycles. The Kier molecular flexibility index (Phi) is 3.78. The van der Waals surface area contributed by atoms with Gasteiger partial charge in [0.05, 0.1) is 5.60 Å². The van der Waals surface area contributed by atoms with E-state index in [-0.39, 0.29) is 0 Å². The highest BCUT2D eigenvalue weighted by molar-refractivity contribution is 5.46. The van der Waals surface area contributed by atoms with Gasteiger partial charge < -0.3 is 15.7 Å². The monoisotopic (exact) mass is 236 g/mol. The van der Waals surface area contributed by atoms with Crippen molar-refractivity contribution in [2.24, 2.45) is 0 Å². The molecule has 0 bridgehead atoms. The van der Waals surface area contributed by atoms with Crippen molar-refractivity contribution in [2.75, 3.05) is 24.2 Å². The molecule has 0 aromatic carbocycles. The maximum atomic E-state index is 10.3. The number of aromatic nitrogens is 2. The average Bonchev–Trinajstić information content (AvgIpc) is 2.38. The zero-order valence-corrected chi connectivity index (χ0v) is 10.2. The first-order valence-electron chi connectivity index (χ1n) is 6.18. The first-order chi connectivity index (χ1) is 8.22. The van der Waals surface area contributed by atoms with E-state index >= 15 is 0 Å². The standard InChI is InChI=1S/C12H20N4O/c1-13-10-7-11(16-9-15-10)14-8-12(17)5-3-2-4-6-12/h7,9,17H,2-6,8H2,1H3,(H2,13,14,15,16). The van der Waals surface area contributed by atoms with Gasteiger partial charge in [0.15, 0.2) is 0 Å². The topological polar surface area (TPSA) is 70.1 Å². The summed E-state index contributed by atoms with van der Waals surface area (Å²) < 4.78 is 0. The first kappa shape index (κ1) is 12.1. The van der Waals surface area contributed by atoms with Crippen LogP contribution in [0.4, 0.5) is 11.6 Å². The SMILES string of the molecule is CNc1cc(NCC2(O)CCCCC2)ncn1. The van der Waals surface area contributed by atoms with E-state index in [1.165, 1.54) is 12.7 Å². The van der Waals surface area contributed by atoms with Gasteiger partial charge in [-0.3, -0.25) is 0 Å². The smallest absolute Gasteiger partial charge is 0.131 e. The van der Waals surface area contributed by atoms with E-state index in [1.54, 1.807) is 0 Å². The molecular weight excluding hydrogens is 216 g/mol. The second-order valence-corrected chi connectivity index (χ2v) is 4.68. The summed E-state index contributed by atoms with van der Waals surface area (Å²) >= 11 is 0. The van der Waals surface area contributed by atoms with Crippen LogP contribution in [0.2, 0.25) is 0 Å². The molecule has 1 aromatic heterocycles. The minimum absolute atomic E-state index is 0.563. The molecule has 0 atom stereocenters. The molecule has 1 fully saturated rings. The summed E-state index contributed by atoms with van der Waals surface area (Å²) in [5, 5.41) is 16.5. The maximum absolute atomic E-state index is 10.3. The molecule has 5 nitrogen and oxygen atoms in total. The number of hydrogen-bond acceptors (Lipinski definition) is 5. The van der Waals surface area contributed by atoms with E-state index in [2.05, 4.69) is 20.6 Å². The van der Waals surface area contributed by atoms with Crippen molar-refractivity contribution >= 4 is 11.6 Å². The average molecular weight is 236 g/mol. The molecule has 0 aliphatic heterocycles. The van der Waals surface area contributed by atoms with Crippen LogP contribution in [-0.2, 0) is 0 Å². The van der Waals surface area contributed by atoms with Crippen LogP contribution in [0, 0.1) is 0 Å². The normalized spacial score (nSPS) is 18.7. The second kappa shape index (κ2) is 5.31. The van der Waals surface area contributed by atoms with Gasteiger partial charge in [-0.1, -0.05) is 19.3 Å².